The number of nitrogens with zero attached hydrogens (tertiary/aromatic N) is 3. The predicted octanol–water partition coefficient (Wildman–Crippen LogP) is 2.60. The molecule has 1 aromatic carbocycles. The van der Waals surface area contributed by atoms with Gasteiger partial charge in [-0.25, -0.2) is 4.79 Å². The maximum absolute atomic E-state index is 13.6. The fourth-order valence-corrected chi connectivity index (χ4v) is 4.91. The number of carbonyl (C=O) groups excluding carboxylic acids is 3. The van der Waals surface area contributed by atoms with Crippen LogP contribution < -0.4 is 14.8 Å². The van der Waals surface area contributed by atoms with Crippen LogP contribution in [-0.4, -0.2) is 92.1 Å². The zero-order valence-corrected chi connectivity index (χ0v) is 21.7. The molecule has 194 valence electrons. The van der Waals surface area contributed by atoms with Crippen LogP contribution in [0.4, 0.5) is 4.79 Å². The highest BCUT2D eigenvalue weighted by Gasteiger charge is 2.55. The van der Waals surface area contributed by atoms with Gasteiger partial charge in [0.25, 0.3) is 11.8 Å². The number of benzene rings is 1. The number of hydrogen-bond donors (Lipinski definition) is 1. The van der Waals surface area contributed by atoms with Gasteiger partial charge in [0.05, 0.1) is 7.11 Å². The summed E-state index contributed by atoms with van der Waals surface area (Å²) in [7, 11) is 5.41. The summed E-state index contributed by atoms with van der Waals surface area (Å²) in [5.74, 6) is 1.31. The minimum Gasteiger partial charge on any atom is -0.493 e. The third-order valence-electron chi connectivity index (χ3n) is 7.05. The second-order valence-electron chi connectivity index (χ2n) is 10.2. The largest absolute Gasteiger partial charge is 0.493 e. The van der Waals surface area contributed by atoms with Crippen molar-refractivity contribution in [3.8, 4) is 11.5 Å². The van der Waals surface area contributed by atoms with Gasteiger partial charge in [-0.1, -0.05) is 26.0 Å². The van der Waals surface area contributed by atoms with Crippen molar-refractivity contribution in [3.05, 3.63) is 24.3 Å². The number of ether oxygens (including phenoxy) is 2. The monoisotopic (exact) mass is 488 g/mol. The Labute approximate surface area is 208 Å². The minimum absolute atomic E-state index is 0.0127. The SMILES string of the molecule is COc1ccccc1OCC(=O)N1CCC([C@@]2(CCC(C)C)NC(=O)N(CCN(C)C)C2=O)CC1. The van der Waals surface area contributed by atoms with E-state index >= 15 is 0 Å². The van der Waals surface area contributed by atoms with Crippen LogP contribution in [-0.2, 0) is 9.59 Å². The topological polar surface area (TPSA) is 91.4 Å². The van der Waals surface area contributed by atoms with E-state index in [0.717, 1.165) is 6.42 Å². The molecule has 2 heterocycles. The highest BCUT2D eigenvalue weighted by molar-refractivity contribution is 6.07. The highest BCUT2D eigenvalue weighted by Crippen LogP contribution is 2.38. The highest BCUT2D eigenvalue weighted by atomic mass is 16.5. The molecule has 2 saturated heterocycles. The van der Waals surface area contributed by atoms with Crippen molar-refractivity contribution in [2.75, 3.05) is 54.0 Å². The van der Waals surface area contributed by atoms with Gasteiger partial charge in [-0.2, -0.15) is 0 Å². The van der Waals surface area contributed by atoms with Gasteiger partial charge in [-0.05, 0) is 63.7 Å². The van der Waals surface area contributed by atoms with Crippen molar-refractivity contribution in [2.45, 2.75) is 45.1 Å². The third kappa shape index (κ3) is 6.25. The summed E-state index contributed by atoms with van der Waals surface area (Å²) in [6.45, 7) is 6.24. The fourth-order valence-electron chi connectivity index (χ4n) is 4.91. The van der Waals surface area contributed by atoms with Crippen LogP contribution in [0.5, 0.6) is 11.5 Å². The first kappa shape index (κ1) is 26.8. The van der Waals surface area contributed by atoms with Crippen molar-refractivity contribution in [3.63, 3.8) is 0 Å². The van der Waals surface area contributed by atoms with Gasteiger partial charge in [0.1, 0.15) is 5.54 Å². The molecule has 0 saturated carbocycles. The normalized spacial score (nSPS) is 21.1. The van der Waals surface area contributed by atoms with Gasteiger partial charge in [0.2, 0.25) is 0 Å². The van der Waals surface area contributed by atoms with Crippen LogP contribution in [0.15, 0.2) is 24.3 Å². The van der Waals surface area contributed by atoms with Gasteiger partial charge < -0.3 is 24.6 Å². The molecule has 0 radical (unpaired) electrons. The molecule has 4 amide bonds. The van der Waals surface area contributed by atoms with Crippen LogP contribution in [0.1, 0.15) is 39.5 Å². The number of carbonyl (C=O) groups is 3. The van der Waals surface area contributed by atoms with E-state index in [-0.39, 0.29) is 30.4 Å². The molecule has 3 rings (SSSR count). The molecule has 9 nitrogen and oxygen atoms in total. The number of amides is 4. The summed E-state index contributed by atoms with van der Waals surface area (Å²) in [6.07, 6.45) is 2.78. The zero-order chi connectivity index (χ0) is 25.6. The van der Waals surface area contributed by atoms with Gasteiger partial charge in [-0.3, -0.25) is 14.5 Å². The molecule has 0 unspecified atom stereocenters. The summed E-state index contributed by atoms with van der Waals surface area (Å²) in [6, 6.07) is 6.94. The molecular weight excluding hydrogens is 448 g/mol. The summed E-state index contributed by atoms with van der Waals surface area (Å²) in [5.41, 5.74) is -0.892. The van der Waals surface area contributed by atoms with Crippen LogP contribution in [0, 0.1) is 11.8 Å². The maximum atomic E-state index is 13.6. The van der Waals surface area contributed by atoms with Crippen molar-refractivity contribution in [2.24, 2.45) is 11.8 Å². The third-order valence-corrected chi connectivity index (χ3v) is 7.05. The van der Waals surface area contributed by atoms with Crippen LogP contribution in [0.3, 0.4) is 0 Å². The first-order valence-corrected chi connectivity index (χ1v) is 12.5. The van der Waals surface area contributed by atoms with Gasteiger partial charge in [0, 0.05) is 26.2 Å². The number of urea groups is 1. The summed E-state index contributed by atoms with van der Waals surface area (Å²) in [4.78, 5) is 44.4. The lowest BCUT2D eigenvalue weighted by Crippen LogP contribution is -2.57. The number of hydrogen-bond acceptors (Lipinski definition) is 6. The average Bonchev–Trinajstić information content (AvgIpc) is 3.09. The molecule has 0 aromatic heterocycles. The van der Waals surface area contributed by atoms with E-state index in [2.05, 4.69) is 19.2 Å². The molecule has 1 N–H and O–H groups in total. The number of likely N-dealkylation sites (N-methyl/N-ethyl adjacent to an activating group) is 1. The number of nitrogens with one attached hydrogen (secondary N) is 1. The van der Waals surface area contributed by atoms with Crippen molar-refractivity contribution in [1.82, 2.24) is 20.0 Å². The molecule has 0 bridgehead atoms. The van der Waals surface area contributed by atoms with Crippen molar-refractivity contribution >= 4 is 17.8 Å². The maximum Gasteiger partial charge on any atom is 0.325 e. The zero-order valence-electron chi connectivity index (χ0n) is 21.7. The first-order valence-electron chi connectivity index (χ1n) is 12.5. The first-order chi connectivity index (χ1) is 16.7. The molecule has 1 aromatic rings. The lowest BCUT2D eigenvalue weighted by Gasteiger charge is -2.41. The summed E-state index contributed by atoms with van der Waals surface area (Å²) in [5, 5.41) is 3.10. The number of piperidine rings is 1. The standard InChI is InChI=1S/C26H40N4O5/c1-19(2)10-13-26(24(32)30(25(33)27-26)17-16-28(3)4)20-11-14-29(15-12-20)23(31)18-35-22-9-7-6-8-21(22)34-5/h6-9,19-20H,10-18H2,1-5H3,(H,27,33)/t26-/m1/s1. The number of likely N-dealkylation sites (tertiary alicyclic amines) is 1. The van der Waals surface area contributed by atoms with Crippen LogP contribution in [0.2, 0.25) is 0 Å². The predicted molar refractivity (Wildman–Crippen MR) is 133 cm³/mol. The van der Waals surface area contributed by atoms with E-state index in [1.165, 1.54) is 4.90 Å². The molecule has 9 heteroatoms. The second kappa shape index (κ2) is 11.7. The smallest absolute Gasteiger partial charge is 0.325 e. The second-order valence-corrected chi connectivity index (χ2v) is 10.2. The fraction of sp³-hybridized carbons (Fsp3) is 0.654. The Kier molecular flexibility index (Phi) is 8.99. The summed E-state index contributed by atoms with van der Waals surface area (Å²) < 4.78 is 11.0. The quantitative estimate of drug-likeness (QED) is 0.482. The Bertz CT molecular complexity index is 897. The van der Waals surface area contributed by atoms with E-state index in [1.807, 2.05) is 31.1 Å². The number of imide groups is 1. The van der Waals surface area contributed by atoms with E-state index in [1.54, 1.807) is 24.1 Å². The van der Waals surface area contributed by atoms with Crippen LogP contribution in [0.25, 0.3) is 0 Å². The Balaban J connectivity index is 1.64. The Hall–Kier alpha value is -2.81. The van der Waals surface area contributed by atoms with Gasteiger partial charge in [0.15, 0.2) is 18.1 Å². The van der Waals surface area contributed by atoms with Crippen molar-refractivity contribution < 1.29 is 23.9 Å². The minimum atomic E-state index is -0.892. The average molecular weight is 489 g/mol. The number of rotatable bonds is 11. The Morgan fingerprint density at radius 2 is 1.83 bits per heavy atom. The Morgan fingerprint density at radius 1 is 1.17 bits per heavy atom. The summed E-state index contributed by atoms with van der Waals surface area (Å²) >= 11 is 0. The molecule has 2 fully saturated rings. The molecule has 1 atom stereocenters. The molecule has 0 spiro atoms. The van der Waals surface area contributed by atoms with Crippen LogP contribution >= 0.6 is 0 Å². The van der Waals surface area contributed by atoms with Gasteiger partial charge >= 0.3 is 6.03 Å². The van der Waals surface area contributed by atoms with Crippen molar-refractivity contribution in [1.29, 1.82) is 0 Å². The number of methoxy groups -OCH3 is 1. The van der Waals surface area contributed by atoms with Gasteiger partial charge in [-0.15, -0.1) is 0 Å². The van der Waals surface area contributed by atoms with E-state index in [4.69, 9.17) is 9.47 Å². The van der Waals surface area contributed by atoms with E-state index < -0.39 is 5.54 Å². The number of para-hydroxylation sites is 2. The lowest BCUT2D eigenvalue weighted by molar-refractivity contribution is -0.137. The Morgan fingerprint density at radius 3 is 2.43 bits per heavy atom. The molecular formula is C26H40N4O5. The molecule has 0 aliphatic carbocycles. The van der Waals surface area contributed by atoms with E-state index in [9.17, 15) is 14.4 Å². The molecule has 2 aliphatic rings. The molecule has 2 aliphatic heterocycles. The lowest BCUT2D eigenvalue weighted by atomic mass is 9.74. The van der Waals surface area contributed by atoms with E-state index in [0.29, 0.717) is 62.9 Å². The molecule has 35 heavy (non-hydrogen) atoms.